The van der Waals surface area contributed by atoms with Gasteiger partial charge in [-0.25, -0.2) is 0 Å². The Morgan fingerprint density at radius 2 is 1.53 bits per heavy atom. The van der Waals surface area contributed by atoms with Gasteiger partial charge in [-0.1, -0.05) is 62.2 Å². The molecule has 19 heavy (non-hydrogen) atoms. The molecule has 0 aromatic heterocycles. The van der Waals surface area contributed by atoms with E-state index in [1.54, 1.807) is 5.57 Å². The summed E-state index contributed by atoms with van der Waals surface area (Å²) in [5.41, 5.74) is 4.52. The number of hydrogen-bond donors (Lipinski definition) is 0. The number of rotatable bonds is 6. The molecule has 0 heteroatoms. The van der Waals surface area contributed by atoms with Crippen molar-refractivity contribution in [2.45, 2.75) is 60.3 Å². The van der Waals surface area contributed by atoms with Crippen molar-refractivity contribution < 1.29 is 0 Å². The second kappa shape index (κ2) is 7.53. The Kier molecular flexibility index (Phi) is 6.34. The largest absolute Gasteiger partial charge is 0.0775 e. The number of allylic oxidation sites excluding steroid dienone is 2. The first kappa shape index (κ1) is 16.0. The van der Waals surface area contributed by atoms with Gasteiger partial charge in [-0.15, -0.1) is 0 Å². The van der Waals surface area contributed by atoms with E-state index in [0.717, 1.165) is 11.8 Å². The topological polar surface area (TPSA) is 0 Å². The van der Waals surface area contributed by atoms with Gasteiger partial charge < -0.3 is 0 Å². The van der Waals surface area contributed by atoms with Crippen LogP contribution in [0.2, 0.25) is 0 Å². The van der Waals surface area contributed by atoms with Crippen LogP contribution in [0.3, 0.4) is 0 Å². The van der Waals surface area contributed by atoms with E-state index in [0.29, 0.717) is 5.92 Å². The highest BCUT2D eigenvalue weighted by Crippen LogP contribution is 2.32. The molecule has 0 saturated heterocycles. The molecule has 0 saturated carbocycles. The summed E-state index contributed by atoms with van der Waals surface area (Å²) in [4.78, 5) is 0. The summed E-state index contributed by atoms with van der Waals surface area (Å²) in [6.45, 7) is 13.9. The first-order valence-corrected chi connectivity index (χ1v) is 7.61. The van der Waals surface area contributed by atoms with Crippen LogP contribution in [0, 0.1) is 11.8 Å². The van der Waals surface area contributed by atoms with Gasteiger partial charge in [0.05, 0.1) is 0 Å². The molecule has 106 valence electrons. The zero-order valence-electron chi connectivity index (χ0n) is 13.5. The molecular weight excluding hydrogens is 228 g/mol. The molecule has 0 aliphatic rings. The quantitative estimate of drug-likeness (QED) is 0.533. The minimum atomic E-state index is 0.642. The first-order valence-electron chi connectivity index (χ1n) is 7.61. The van der Waals surface area contributed by atoms with E-state index < -0.39 is 0 Å². The maximum Gasteiger partial charge on any atom is -0.0162 e. The summed E-state index contributed by atoms with van der Waals surface area (Å²) in [5, 5.41) is 0. The lowest BCUT2D eigenvalue weighted by Gasteiger charge is -2.27. The lowest BCUT2D eigenvalue weighted by molar-refractivity contribution is 0.320. The van der Waals surface area contributed by atoms with Crippen LogP contribution in [0.15, 0.2) is 41.5 Å². The summed E-state index contributed by atoms with van der Waals surface area (Å²) in [6.07, 6.45) is 2.55. The monoisotopic (exact) mass is 258 g/mol. The van der Waals surface area contributed by atoms with Crippen LogP contribution < -0.4 is 0 Å². The fourth-order valence-corrected chi connectivity index (χ4v) is 2.51. The van der Waals surface area contributed by atoms with E-state index in [2.05, 4.69) is 71.9 Å². The van der Waals surface area contributed by atoms with Crippen LogP contribution in [-0.4, -0.2) is 0 Å². The zero-order valence-corrected chi connectivity index (χ0v) is 13.5. The smallest absolute Gasteiger partial charge is 0.0162 e. The Balaban J connectivity index is 2.57. The highest BCUT2D eigenvalue weighted by Gasteiger charge is 2.20. The molecule has 1 rings (SSSR count). The Labute approximate surface area is 119 Å². The van der Waals surface area contributed by atoms with Gasteiger partial charge in [-0.2, -0.15) is 0 Å². The molecule has 0 amide bonds. The second-order valence-corrected chi connectivity index (χ2v) is 6.35. The normalized spacial score (nSPS) is 15.7. The van der Waals surface area contributed by atoms with Crippen LogP contribution in [0.4, 0.5) is 0 Å². The summed E-state index contributed by atoms with van der Waals surface area (Å²) in [7, 11) is 0. The van der Waals surface area contributed by atoms with Crippen LogP contribution >= 0.6 is 0 Å². The van der Waals surface area contributed by atoms with Gasteiger partial charge in [0, 0.05) is 0 Å². The second-order valence-electron chi connectivity index (χ2n) is 6.35. The van der Waals surface area contributed by atoms with Gasteiger partial charge in [0.1, 0.15) is 0 Å². The average molecular weight is 258 g/mol. The predicted molar refractivity (Wildman–Crippen MR) is 86.5 cm³/mol. The number of benzene rings is 1. The van der Waals surface area contributed by atoms with Gasteiger partial charge in [0.2, 0.25) is 0 Å². The van der Waals surface area contributed by atoms with E-state index >= 15 is 0 Å². The molecule has 0 nitrogen and oxygen atoms in total. The van der Waals surface area contributed by atoms with Crippen LogP contribution in [0.1, 0.15) is 65.9 Å². The average Bonchev–Trinajstić information content (AvgIpc) is 2.43. The molecule has 0 heterocycles. The van der Waals surface area contributed by atoms with Crippen LogP contribution in [0.25, 0.3) is 0 Å². The molecule has 0 fully saturated rings. The lowest BCUT2D eigenvalue weighted by atomic mass is 9.78. The van der Waals surface area contributed by atoms with Gasteiger partial charge in [0.15, 0.2) is 0 Å². The minimum Gasteiger partial charge on any atom is -0.0775 e. The van der Waals surface area contributed by atoms with Crippen molar-refractivity contribution in [1.82, 2.24) is 0 Å². The third kappa shape index (κ3) is 4.86. The van der Waals surface area contributed by atoms with E-state index in [1.165, 1.54) is 24.0 Å². The van der Waals surface area contributed by atoms with Crippen molar-refractivity contribution >= 4 is 0 Å². The van der Waals surface area contributed by atoms with E-state index in [4.69, 9.17) is 0 Å². The van der Waals surface area contributed by atoms with Crippen molar-refractivity contribution in [3.8, 4) is 0 Å². The standard InChI is InChI=1S/C19H30/c1-14(2)15(3)12-13-16(4)17(5)18(6)19-10-8-7-9-11-19/h7-11,16-18H,12-13H2,1-6H3. The van der Waals surface area contributed by atoms with Crippen molar-refractivity contribution in [3.63, 3.8) is 0 Å². The summed E-state index contributed by atoms with van der Waals surface area (Å²) >= 11 is 0. The molecule has 3 atom stereocenters. The fourth-order valence-electron chi connectivity index (χ4n) is 2.51. The number of hydrogen-bond acceptors (Lipinski definition) is 0. The maximum absolute atomic E-state index is 2.41. The molecule has 0 bridgehead atoms. The molecule has 0 aliphatic heterocycles. The van der Waals surface area contributed by atoms with Gasteiger partial charge in [0.25, 0.3) is 0 Å². The molecule has 1 aromatic rings. The first-order chi connectivity index (χ1) is 8.93. The SMILES string of the molecule is CC(C)=C(C)CCC(C)C(C)C(C)c1ccccc1. The maximum atomic E-state index is 2.41. The van der Waals surface area contributed by atoms with Gasteiger partial charge in [-0.05, 0) is 56.9 Å². The highest BCUT2D eigenvalue weighted by molar-refractivity contribution is 5.19. The Morgan fingerprint density at radius 3 is 2.05 bits per heavy atom. The Morgan fingerprint density at radius 1 is 0.947 bits per heavy atom. The fraction of sp³-hybridized carbons (Fsp3) is 0.579. The molecule has 0 N–H and O–H groups in total. The van der Waals surface area contributed by atoms with Crippen molar-refractivity contribution in [1.29, 1.82) is 0 Å². The van der Waals surface area contributed by atoms with Gasteiger partial charge in [-0.3, -0.25) is 0 Å². The minimum absolute atomic E-state index is 0.642. The van der Waals surface area contributed by atoms with E-state index in [9.17, 15) is 0 Å². The van der Waals surface area contributed by atoms with Crippen LogP contribution in [-0.2, 0) is 0 Å². The molecule has 0 radical (unpaired) electrons. The molecule has 0 spiro atoms. The highest BCUT2D eigenvalue weighted by atomic mass is 14.2. The Hall–Kier alpha value is -1.04. The van der Waals surface area contributed by atoms with Crippen LogP contribution in [0.5, 0.6) is 0 Å². The van der Waals surface area contributed by atoms with Crippen molar-refractivity contribution in [3.05, 3.63) is 47.0 Å². The van der Waals surface area contributed by atoms with Gasteiger partial charge >= 0.3 is 0 Å². The summed E-state index contributed by atoms with van der Waals surface area (Å²) in [5.74, 6) is 2.14. The summed E-state index contributed by atoms with van der Waals surface area (Å²) < 4.78 is 0. The third-order valence-corrected chi connectivity index (χ3v) is 4.84. The molecular formula is C19H30. The lowest BCUT2D eigenvalue weighted by Crippen LogP contribution is -2.15. The van der Waals surface area contributed by atoms with E-state index in [-0.39, 0.29) is 0 Å². The molecule has 1 aromatic carbocycles. The van der Waals surface area contributed by atoms with Crippen molar-refractivity contribution in [2.75, 3.05) is 0 Å². The predicted octanol–water partition coefficient (Wildman–Crippen LogP) is 6.20. The third-order valence-electron chi connectivity index (χ3n) is 4.84. The molecule has 3 unspecified atom stereocenters. The summed E-state index contributed by atoms with van der Waals surface area (Å²) in [6, 6.07) is 10.9. The van der Waals surface area contributed by atoms with Crippen molar-refractivity contribution in [2.24, 2.45) is 11.8 Å². The zero-order chi connectivity index (χ0) is 14.4. The molecule has 0 aliphatic carbocycles. The van der Waals surface area contributed by atoms with E-state index in [1.807, 2.05) is 0 Å². The Bertz CT molecular complexity index is 395.